The Balaban J connectivity index is 3.37. The summed E-state index contributed by atoms with van der Waals surface area (Å²) in [6.07, 6.45) is 2.99. The monoisotopic (exact) mass is 189 g/mol. The first-order chi connectivity index (χ1) is 5.02. The second-order valence-electron chi connectivity index (χ2n) is 2.05. The molecule has 1 aromatic carbocycles. The number of sulfone groups is 1. The number of hydrogen-bond acceptors (Lipinski definition) is 2. The predicted molar refractivity (Wildman–Crippen MR) is 44.0 cm³/mol. The first-order valence-corrected chi connectivity index (χ1v) is 4.87. The lowest BCUT2D eigenvalue weighted by molar-refractivity contribution is 0.604. The van der Waals surface area contributed by atoms with Gasteiger partial charge in [-0.2, -0.15) is 0 Å². The molecule has 0 atom stereocenters. The van der Waals surface area contributed by atoms with Crippen LogP contribution in [0.2, 0.25) is 5.02 Å². The van der Waals surface area contributed by atoms with Crippen molar-refractivity contribution in [2.75, 3.05) is 0 Å². The van der Waals surface area contributed by atoms with Gasteiger partial charge in [0.1, 0.15) is 0 Å². The fraction of sp³-hybridized carbons (Fsp3) is 0. The summed E-state index contributed by atoms with van der Waals surface area (Å²) in [7, 11) is -3.42. The molecule has 1 aromatic rings. The van der Waals surface area contributed by atoms with Crippen molar-refractivity contribution in [3.63, 3.8) is 0 Å². The first-order valence-electron chi connectivity index (χ1n) is 2.84. The summed E-state index contributed by atoms with van der Waals surface area (Å²) in [4.78, 5) is 0.0710. The molecule has 0 aliphatic carbocycles. The largest absolute Gasteiger partial charge is 0.224 e. The summed E-state index contributed by atoms with van der Waals surface area (Å²) in [5.74, 6) is 0. The molecule has 2 nitrogen and oxygen atoms in total. The van der Waals surface area contributed by atoms with Crippen molar-refractivity contribution >= 4 is 21.4 Å². The van der Waals surface area contributed by atoms with Crippen molar-refractivity contribution < 1.29 is 8.42 Å². The third kappa shape index (κ3) is 1.94. The van der Waals surface area contributed by atoms with Gasteiger partial charge in [-0.25, -0.2) is 8.42 Å². The minimum Gasteiger partial charge on any atom is -0.224 e. The summed E-state index contributed by atoms with van der Waals surface area (Å²) < 4.78 is 21.7. The third-order valence-electron chi connectivity index (χ3n) is 1.17. The van der Waals surface area contributed by atoms with E-state index in [-0.39, 0.29) is 9.92 Å². The molecular formula is C7H6ClO2S. The van der Waals surface area contributed by atoms with E-state index in [9.17, 15) is 8.42 Å². The van der Waals surface area contributed by atoms with Crippen LogP contribution in [0.1, 0.15) is 0 Å². The highest BCUT2D eigenvalue weighted by atomic mass is 35.5. The Morgan fingerprint density at radius 3 is 2.18 bits per heavy atom. The van der Waals surface area contributed by atoms with E-state index < -0.39 is 9.84 Å². The van der Waals surface area contributed by atoms with Gasteiger partial charge in [-0.15, -0.1) is 0 Å². The van der Waals surface area contributed by atoms with E-state index in [4.69, 9.17) is 11.6 Å². The van der Waals surface area contributed by atoms with Crippen LogP contribution in [0.5, 0.6) is 0 Å². The molecule has 0 spiro atoms. The molecule has 4 heteroatoms. The zero-order valence-electron chi connectivity index (χ0n) is 5.62. The molecule has 0 amide bonds. The van der Waals surface area contributed by atoms with Gasteiger partial charge in [-0.05, 0) is 12.1 Å². The van der Waals surface area contributed by atoms with Crippen LogP contribution in [-0.2, 0) is 9.84 Å². The maximum atomic E-state index is 10.9. The van der Waals surface area contributed by atoms with Gasteiger partial charge < -0.3 is 0 Å². The van der Waals surface area contributed by atoms with Crippen molar-refractivity contribution in [3.8, 4) is 0 Å². The van der Waals surface area contributed by atoms with Crippen molar-refractivity contribution in [1.29, 1.82) is 0 Å². The SMILES string of the molecule is [CH2]S(=O)(=O)c1ccccc1Cl. The second kappa shape index (κ2) is 2.83. The Morgan fingerprint density at radius 1 is 1.27 bits per heavy atom. The van der Waals surface area contributed by atoms with Crippen LogP contribution in [0.3, 0.4) is 0 Å². The number of halogens is 1. The van der Waals surface area contributed by atoms with E-state index >= 15 is 0 Å². The van der Waals surface area contributed by atoms with Crippen LogP contribution < -0.4 is 0 Å². The zero-order valence-corrected chi connectivity index (χ0v) is 7.19. The predicted octanol–water partition coefficient (Wildman–Crippen LogP) is 1.91. The van der Waals surface area contributed by atoms with Gasteiger partial charge in [0.25, 0.3) is 0 Å². The minimum atomic E-state index is -3.42. The Kier molecular flexibility index (Phi) is 2.20. The van der Waals surface area contributed by atoms with Gasteiger partial charge in [0.15, 0.2) is 9.84 Å². The van der Waals surface area contributed by atoms with E-state index in [1.807, 2.05) is 0 Å². The molecule has 1 rings (SSSR count). The fourth-order valence-electron chi connectivity index (χ4n) is 0.697. The molecule has 0 saturated carbocycles. The summed E-state index contributed by atoms with van der Waals surface area (Å²) >= 11 is 5.59. The van der Waals surface area contributed by atoms with E-state index in [2.05, 4.69) is 6.26 Å². The van der Waals surface area contributed by atoms with Crippen LogP contribution in [0.4, 0.5) is 0 Å². The van der Waals surface area contributed by atoms with Gasteiger partial charge in [0.2, 0.25) is 0 Å². The van der Waals surface area contributed by atoms with E-state index in [0.29, 0.717) is 0 Å². The highest BCUT2D eigenvalue weighted by Gasteiger charge is 2.09. The van der Waals surface area contributed by atoms with Crippen LogP contribution >= 0.6 is 11.6 Å². The molecule has 0 aliphatic heterocycles. The molecule has 0 aromatic heterocycles. The molecular weight excluding hydrogens is 184 g/mol. The van der Waals surface area contributed by atoms with Crippen LogP contribution in [0.25, 0.3) is 0 Å². The Labute approximate surface area is 70.7 Å². The molecule has 0 unspecified atom stereocenters. The van der Waals surface area contributed by atoms with Crippen LogP contribution in [-0.4, -0.2) is 8.42 Å². The van der Waals surface area contributed by atoms with Gasteiger partial charge in [-0.3, -0.25) is 0 Å². The second-order valence-corrected chi connectivity index (χ2v) is 4.12. The van der Waals surface area contributed by atoms with Crippen LogP contribution in [0, 0.1) is 6.26 Å². The molecule has 0 aliphatic rings. The first kappa shape index (κ1) is 8.56. The maximum absolute atomic E-state index is 10.9. The lowest BCUT2D eigenvalue weighted by atomic mass is 10.4. The zero-order chi connectivity index (χ0) is 8.48. The Hall–Kier alpha value is -0.540. The van der Waals surface area contributed by atoms with E-state index in [1.165, 1.54) is 12.1 Å². The van der Waals surface area contributed by atoms with Gasteiger partial charge in [-0.1, -0.05) is 23.7 Å². The van der Waals surface area contributed by atoms with Crippen molar-refractivity contribution in [2.24, 2.45) is 0 Å². The summed E-state index contributed by atoms with van der Waals surface area (Å²) in [5, 5.41) is 0.211. The van der Waals surface area contributed by atoms with Gasteiger partial charge >= 0.3 is 0 Å². The topological polar surface area (TPSA) is 34.1 Å². The summed E-state index contributed by atoms with van der Waals surface area (Å²) in [5.41, 5.74) is 0. The third-order valence-corrected chi connectivity index (χ3v) is 2.64. The van der Waals surface area contributed by atoms with Crippen molar-refractivity contribution in [2.45, 2.75) is 4.90 Å². The molecule has 0 bridgehead atoms. The molecule has 1 radical (unpaired) electrons. The molecule has 59 valence electrons. The standard InChI is InChI=1S/C7H6ClO2S/c1-11(9,10)7-5-3-2-4-6(7)8/h2-5H,1H2. The molecule has 0 fully saturated rings. The van der Waals surface area contributed by atoms with Crippen molar-refractivity contribution in [3.05, 3.63) is 35.5 Å². The fourth-order valence-corrected chi connectivity index (χ4v) is 1.84. The lowest BCUT2D eigenvalue weighted by Gasteiger charge is -1.98. The quantitative estimate of drug-likeness (QED) is 0.676. The average Bonchev–Trinajstić information content (AvgIpc) is 1.86. The summed E-state index contributed by atoms with van der Waals surface area (Å²) in [6.45, 7) is 0. The normalized spacial score (nSPS) is 11.5. The lowest BCUT2D eigenvalue weighted by Crippen LogP contribution is -1.94. The maximum Gasteiger partial charge on any atom is 0.180 e. The smallest absolute Gasteiger partial charge is 0.180 e. The highest BCUT2D eigenvalue weighted by molar-refractivity contribution is 7.92. The number of benzene rings is 1. The number of hydrogen-bond donors (Lipinski definition) is 0. The molecule has 0 N–H and O–H groups in total. The van der Waals surface area contributed by atoms with Crippen LogP contribution in [0.15, 0.2) is 29.2 Å². The van der Waals surface area contributed by atoms with E-state index in [1.54, 1.807) is 12.1 Å². The molecule has 11 heavy (non-hydrogen) atoms. The molecule has 0 heterocycles. The Bertz CT molecular complexity index is 356. The van der Waals surface area contributed by atoms with Crippen molar-refractivity contribution in [1.82, 2.24) is 0 Å². The Morgan fingerprint density at radius 2 is 1.82 bits per heavy atom. The highest BCUT2D eigenvalue weighted by Crippen LogP contribution is 2.20. The average molecular weight is 190 g/mol. The number of rotatable bonds is 1. The van der Waals surface area contributed by atoms with Gasteiger partial charge in [0, 0.05) is 0 Å². The summed E-state index contributed by atoms with van der Waals surface area (Å²) in [6, 6.07) is 6.20. The molecule has 0 saturated heterocycles. The minimum absolute atomic E-state index is 0.0710. The van der Waals surface area contributed by atoms with E-state index in [0.717, 1.165) is 0 Å². The van der Waals surface area contributed by atoms with Gasteiger partial charge in [0.05, 0.1) is 16.2 Å².